The molecule has 142 valence electrons. The number of fused-ring (bicyclic) bond motifs is 1. The Labute approximate surface area is 168 Å². The van der Waals surface area contributed by atoms with Crippen LogP contribution in [0.3, 0.4) is 0 Å². The maximum Gasteiger partial charge on any atom is 0.317 e. The zero-order valence-corrected chi connectivity index (χ0v) is 16.3. The van der Waals surface area contributed by atoms with Gasteiger partial charge in [-0.25, -0.2) is 9.78 Å². The number of thiazole rings is 1. The molecule has 2 amide bonds. The van der Waals surface area contributed by atoms with Gasteiger partial charge in [0, 0.05) is 32.7 Å². The summed E-state index contributed by atoms with van der Waals surface area (Å²) in [7, 11) is 0. The third kappa shape index (κ3) is 4.30. The highest BCUT2D eigenvalue weighted by Crippen LogP contribution is 2.21. The number of urea groups is 1. The summed E-state index contributed by atoms with van der Waals surface area (Å²) in [5.41, 5.74) is 2.85. The molecule has 0 aliphatic carbocycles. The minimum atomic E-state index is -0.0303. The van der Waals surface area contributed by atoms with Crippen LogP contribution in [-0.2, 0) is 13.1 Å². The Morgan fingerprint density at radius 1 is 1.11 bits per heavy atom. The first-order valence-electron chi connectivity index (χ1n) is 9.30. The number of hydrogen-bond donors (Lipinski definition) is 1. The zero-order chi connectivity index (χ0) is 19.3. The van der Waals surface area contributed by atoms with Crippen molar-refractivity contribution in [3.63, 3.8) is 0 Å². The third-order valence-corrected chi connectivity index (χ3v) is 5.91. The van der Waals surface area contributed by atoms with Gasteiger partial charge < -0.3 is 10.2 Å². The van der Waals surface area contributed by atoms with Gasteiger partial charge in [0.25, 0.3) is 0 Å². The van der Waals surface area contributed by atoms with Crippen molar-refractivity contribution in [3.8, 4) is 6.07 Å². The van der Waals surface area contributed by atoms with Crippen LogP contribution in [0.4, 0.5) is 4.79 Å². The molecule has 1 aliphatic rings. The Morgan fingerprint density at radius 2 is 1.86 bits per heavy atom. The summed E-state index contributed by atoms with van der Waals surface area (Å²) in [4.78, 5) is 21.2. The summed E-state index contributed by atoms with van der Waals surface area (Å²) in [6.45, 7) is 4.41. The van der Waals surface area contributed by atoms with Crippen LogP contribution in [0.1, 0.15) is 16.1 Å². The smallest absolute Gasteiger partial charge is 0.317 e. The standard InChI is InChI=1S/C21H21N5OS/c22-13-16-5-7-17(8-6-16)15-25-9-11-26(12-10-25)21(27)23-14-20-24-18-3-1-2-4-19(18)28-20/h1-8H,9-12,14-15H2,(H,23,27). The topological polar surface area (TPSA) is 72.3 Å². The van der Waals surface area contributed by atoms with Crippen molar-refractivity contribution in [1.82, 2.24) is 20.1 Å². The molecule has 0 saturated carbocycles. The van der Waals surface area contributed by atoms with Crippen molar-refractivity contribution < 1.29 is 4.79 Å². The third-order valence-electron chi connectivity index (χ3n) is 4.88. The van der Waals surface area contributed by atoms with E-state index in [1.54, 1.807) is 11.3 Å². The molecule has 2 aromatic carbocycles. The van der Waals surface area contributed by atoms with Gasteiger partial charge >= 0.3 is 6.03 Å². The number of amides is 2. The maximum absolute atomic E-state index is 12.5. The molecule has 6 nitrogen and oxygen atoms in total. The van der Waals surface area contributed by atoms with Gasteiger partial charge in [-0.3, -0.25) is 4.90 Å². The number of hydrogen-bond acceptors (Lipinski definition) is 5. The Morgan fingerprint density at radius 3 is 2.57 bits per heavy atom. The first-order valence-corrected chi connectivity index (χ1v) is 10.1. The van der Waals surface area contributed by atoms with E-state index >= 15 is 0 Å². The van der Waals surface area contributed by atoms with Gasteiger partial charge in [0.2, 0.25) is 0 Å². The number of benzene rings is 2. The molecule has 1 fully saturated rings. The average Bonchev–Trinajstić information content (AvgIpc) is 3.16. The molecular weight excluding hydrogens is 370 g/mol. The summed E-state index contributed by atoms with van der Waals surface area (Å²) in [6, 6.07) is 17.8. The van der Waals surface area contributed by atoms with Crippen LogP contribution in [0.15, 0.2) is 48.5 Å². The van der Waals surface area contributed by atoms with Gasteiger partial charge in [0.05, 0.1) is 28.4 Å². The molecule has 7 heteroatoms. The van der Waals surface area contributed by atoms with E-state index in [-0.39, 0.29) is 6.03 Å². The minimum Gasteiger partial charge on any atom is -0.331 e. The molecule has 0 unspecified atom stereocenters. The second-order valence-electron chi connectivity index (χ2n) is 6.81. The monoisotopic (exact) mass is 391 g/mol. The van der Waals surface area contributed by atoms with Crippen LogP contribution in [0.5, 0.6) is 0 Å². The van der Waals surface area contributed by atoms with Crippen molar-refractivity contribution in [1.29, 1.82) is 5.26 Å². The van der Waals surface area contributed by atoms with Gasteiger partial charge in [0.15, 0.2) is 0 Å². The molecule has 0 radical (unpaired) electrons. The molecule has 1 saturated heterocycles. The maximum atomic E-state index is 12.5. The summed E-state index contributed by atoms with van der Waals surface area (Å²) in [6.07, 6.45) is 0. The molecule has 0 bridgehead atoms. The summed E-state index contributed by atoms with van der Waals surface area (Å²) < 4.78 is 1.14. The predicted octanol–water partition coefficient (Wildman–Crippen LogP) is 3.20. The quantitative estimate of drug-likeness (QED) is 0.741. The highest BCUT2D eigenvalue weighted by atomic mass is 32.1. The molecule has 0 atom stereocenters. The Balaban J connectivity index is 1.24. The van der Waals surface area contributed by atoms with Crippen molar-refractivity contribution in [2.75, 3.05) is 26.2 Å². The van der Waals surface area contributed by atoms with E-state index in [0.717, 1.165) is 34.9 Å². The number of carbonyl (C=O) groups is 1. The van der Waals surface area contributed by atoms with Crippen LogP contribution in [0.25, 0.3) is 10.2 Å². The fraction of sp³-hybridized carbons (Fsp3) is 0.286. The molecule has 28 heavy (non-hydrogen) atoms. The molecular formula is C21H21N5OS. The van der Waals surface area contributed by atoms with E-state index < -0.39 is 0 Å². The van der Waals surface area contributed by atoms with Crippen molar-refractivity contribution in [2.45, 2.75) is 13.1 Å². The number of rotatable bonds is 4. The highest BCUT2D eigenvalue weighted by Gasteiger charge is 2.21. The second kappa shape index (κ2) is 8.38. The highest BCUT2D eigenvalue weighted by molar-refractivity contribution is 7.18. The van der Waals surface area contributed by atoms with Crippen LogP contribution in [0, 0.1) is 11.3 Å². The van der Waals surface area contributed by atoms with E-state index in [9.17, 15) is 4.79 Å². The van der Waals surface area contributed by atoms with Crippen LogP contribution in [0.2, 0.25) is 0 Å². The summed E-state index contributed by atoms with van der Waals surface area (Å²) in [5.74, 6) is 0. The van der Waals surface area contributed by atoms with Gasteiger partial charge in [-0.2, -0.15) is 5.26 Å². The largest absolute Gasteiger partial charge is 0.331 e. The molecule has 1 aromatic heterocycles. The van der Waals surface area contributed by atoms with Gasteiger partial charge in [0.1, 0.15) is 5.01 Å². The van der Waals surface area contributed by atoms with Crippen molar-refractivity contribution in [3.05, 3.63) is 64.7 Å². The molecule has 4 rings (SSSR count). The van der Waals surface area contributed by atoms with E-state index in [1.165, 1.54) is 5.56 Å². The predicted molar refractivity (Wildman–Crippen MR) is 110 cm³/mol. The van der Waals surface area contributed by atoms with E-state index in [4.69, 9.17) is 5.26 Å². The average molecular weight is 392 g/mol. The number of carbonyl (C=O) groups excluding carboxylic acids is 1. The molecule has 3 aromatic rings. The lowest BCUT2D eigenvalue weighted by molar-refractivity contribution is 0.135. The molecule has 1 aliphatic heterocycles. The minimum absolute atomic E-state index is 0.0303. The molecule has 2 heterocycles. The number of aromatic nitrogens is 1. The Kier molecular flexibility index (Phi) is 5.51. The van der Waals surface area contributed by atoms with E-state index in [1.807, 2.05) is 53.4 Å². The number of nitrogens with zero attached hydrogens (tertiary/aromatic N) is 4. The van der Waals surface area contributed by atoms with Crippen molar-refractivity contribution in [2.24, 2.45) is 0 Å². The number of piperazine rings is 1. The SMILES string of the molecule is N#Cc1ccc(CN2CCN(C(=O)NCc3nc4ccccc4s3)CC2)cc1. The first-order chi connectivity index (χ1) is 13.7. The molecule has 0 spiro atoms. The lowest BCUT2D eigenvalue weighted by Crippen LogP contribution is -2.51. The first kappa shape index (κ1) is 18.4. The van der Waals surface area contributed by atoms with E-state index in [2.05, 4.69) is 21.3 Å². The normalized spacial score (nSPS) is 14.8. The fourth-order valence-electron chi connectivity index (χ4n) is 3.31. The lowest BCUT2D eigenvalue weighted by Gasteiger charge is -2.34. The lowest BCUT2D eigenvalue weighted by atomic mass is 10.1. The fourth-order valence-corrected chi connectivity index (χ4v) is 4.22. The van der Waals surface area contributed by atoms with Crippen LogP contribution in [-0.4, -0.2) is 47.0 Å². The zero-order valence-electron chi connectivity index (χ0n) is 15.5. The second-order valence-corrected chi connectivity index (χ2v) is 7.92. The number of para-hydroxylation sites is 1. The number of nitriles is 1. The van der Waals surface area contributed by atoms with Crippen LogP contribution < -0.4 is 5.32 Å². The van der Waals surface area contributed by atoms with Crippen LogP contribution >= 0.6 is 11.3 Å². The van der Waals surface area contributed by atoms with Crippen molar-refractivity contribution >= 4 is 27.6 Å². The van der Waals surface area contributed by atoms with Gasteiger partial charge in [-0.1, -0.05) is 24.3 Å². The number of nitrogens with one attached hydrogen (secondary N) is 1. The molecule has 1 N–H and O–H groups in total. The van der Waals surface area contributed by atoms with Gasteiger partial charge in [-0.15, -0.1) is 11.3 Å². The Bertz CT molecular complexity index is 967. The van der Waals surface area contributed by atoms with E-state index in [0.29, 0.717) is 25.2 Å². The Hall–Kier alpha value is -2.95. The summed E-state index contributed by atoms with van der Waals surface area (Å²) in [5, 5.41) is 12.8. The summed E-state index contributed by atoms with van der Waals surface area (Å²) >= 11 is 1.62. The van der Waals surface area contributed by atoms with Gasteiger partial charge in [-0.05, 0) is 29.8 Å².